The highest BCUT2D eigenvalue weighted by Crippen LogP contribution is 2.59. The Bertz CT molecular complexity index is 1520. The van der Waals surface area contributed by atoms with Gasteiger partial charge >= 0.3 is 0 Å². The third-order valence-electron chi connectivity index (χ3n) is 9.10. The number of nitro groups is 1. The fourth-order valence-corrected chi connectivity index (χ4v) is 11.0. The molecule has 2 N–H and O–H groups in total. The number of amides is 2. The molecule has 43 heavy (non-hydrogen) atoms. The first kappa shape index (κ1) is 30.4. The molecule has 0 radical (unpaired) electrons. The molecule has 1 fully saturated rings. The van der Waals surface area contributed by atoms with Crippen molar-refractivity contribution in [1.82, 2.24) is 4.90 Å². The monoisotopic (exact) mass is 603 g/mol. The number of benzene rings is 3. The van der Waals surface area contributed by atoms with E-state index in [1.807, 2.05) is 61.5 Å². The molecule has 1 saturated heterocycles. The van der Waals surface area contributed by atoms with E-state index in [-0.39, 0.29) is 42.6 Å². The quantitative estimate of drug-likeness (QED) is 0.202. The fraction of sp³-hybridized carbons (Fsp3) is 0.375. The van der Waals surface area contributed by atoms with Gasteiger partial charge in [-0.05, 0) is 29.3 Å². The lowest BCUT2D eigenvalue weighted by molar-refractivity contribution is -0.385. The smallest absolute Gasteiger partial charge is 0.269 e. The van der Waals surface area contributed by atoms with Gasteiger partial charge in [-0.3, -0.25) is 19.7 Å². The Labute approximate surface area is 251 Å². The van der Waals surface area contributed by atoms with Crippen LogP contribution in [0.4, 0.5) is 11.4 Å². The number of carbonyl (C=O) groups is 2. The molecule has 2 aliphatic heterocycles. The van der Waals surface area contributed by atoms with Gasteiger partial charge < -0.3 is 24.8 Å². The summed E-state index contributed by atoms with van der Waals surface area (Å²) in [4.78, 5) is 40.6. The van der Waals surface area contributed by atoms with Crippen molar-refractivity contribution < 1.29 is 29.1 Å². The molecule has 0 aromatic heterocycles. The van der Waals surface area contributed by atoms with E-state index >= 15 is 0 Å². The summed E-state index contributed by atoms with van der Waals surface area (Å²) in [5.41, 5.74) is -0.00567. The number of hydrogen-bond donors (Lipinski definition) is 2. The lowest BCUT2D eigenvalue weighted by atomic mass is 9.82. The number of non-ortho nitro benzene ring substituents is 1. The first-order valence-electron chi connectivity index (χ1n) is 14.4. The second-order valence-electron chi connectivity index (χ2n) is 11.8. The second kappa shape index (κ2) is 11.9. The average molecular weight is 604 g/mol. The van der Waals surface area contributed by atoms with Gasteiger partial charge in [0.2, 0.25) is 5.91 Å². The number of nitrogens with one attached hydrogen (secondary N) is 1. The van der Waals surface area contributed by atoms with Crippen molar-refractivity contribution in [3.05, 3.63) is 94.0 Å². The largest absolute Gasteiger partial charge is 0.497 e. The molecule has 0 unspecified atom stereocenters. The van der Waals surface area contributed by atoms with E-state index in [1.165, 1.54) is 12.1 Å². The highest BCUT2D eigenvalue weighted by atomic mass is 28.3. The molecular weight excluding hydrogens is 566 g/mol. The van der Waals surface area contributed by atoms with Crippen LogP contribution in [0.15, 0.2) is 72.8 Å². The van der Waals surface area contributed by atoms with Crippen LogP contribution < -0.4 is 15.2 Å². The Hall–Kier alpha value is -4.06. The van der Waals surface area contributed by atoms with Crippen molar-refractivity contribution in [3.8, 4) is 5.75 Å². The zero-order valence-electron chi connectivity index (χ0n) is 24.8. The Kier molecular flexibility index (Phi) is 8.42. The summed E-state index contributed by atoms with van der Waals surface area (Å²) in [5, 5.41) is 25.5. The van der Waals surface area contributed by atoms with Crippen LogP contribution in [0.5, 0.6) is 5.75 Å². The molecular formula is C32H37N3O7Si. The van der Waals surface area contributed by atoms with Crippen LogP contribution in [0.2, 0.25) is 18.6 Å². The molecule has 3 aromatic carbocycles. The highest BCUT2D eigenvalue weighted by molar-refractivity contribution is 6.91. The number of ether oxygens (including phenoxy) is 2. The summed E-state index contributed by atoms with van der Waals surface area (Å²) < 4.78 is 12.1. The minimum absolute atomic E-state index is 0.00624. The number of aliphatic hydroxyl groups excluding tert-OH is 1. The zero-order valence-corrected chi connectivity index (χ0v) is 25.8. The number of nitrogens with zero attached hydrogens (tertiary/aromatic N) is 2. The van der Waals surface area contributed by atoms with Gasteiger partial charge in [-0.2, -0.15) is 0 Å². The molecule has 2 aliphatic rings. The van der Waals surface area contributed by atoms with Gasteiger partial charge in [0.25, 0.3) is 11.6 Å². The van der Waals surface area contributed by atoms with E-state index in [4.69, 9.17) is 9.47 Å². The minimum atomic E-state index is -2.50. The fourth-order valence-electron chi connectivity index (χ4n) is 6.95. The maximum Gasteiger partial charge on any atom is 0.269 e. The van der Waals surface area contributed by atoms with Gasteiger partial charge in [0, 0.05) is 42.4 Å². The normalized spacial score (nSPS) is 22.7. The van der Waals surface area contributed by atoms with Gasteiger partial charge in [-0.25, -0.2) is 0 Å². The topological polar surface area (TPSA) is 131 Å². The molecule has 11 heteroatoms. The zero-order chi connectivity index (χ0) is 30.9. The minimum Gasteiger partial charge on any atom is -0.497 e. The first-order chi connectivity index (χ1) is 20.5. The molecule has 0 saturated carbocycles. The van der Waals surface area contributed by atoms with Crippen LogP contribution in [-0.4, -0.2) is 61.2 Å². The number of methoxy groups -OCH3 is 1. The number of rotatable bonds is 10. The van der Waals surface area contributed by atoms with Crippen molar-refractivity contribution in [2.45, 2.75) is 50.2 Å². The molecule has 4 atom stereocenters. The number of nitro benzene ring substituents is 1. The number of hydrogen-bond acceptors (Lipinski definition) is 7. The van der Waals surface area contributed by atoms with Crippen LogP contribution >= 0.6 is 0 Å². The Morgan fingerprint density at radius 1 is 1.14 bits per heavy atom. The second-order valence-corrected chi connectivity index (χ2v) is 16.5. The lowest BCUT2D eigenvalue weighted by Gasteiger charge is -2.37. The van der Waals surface area contributed by atoms with E-state index in [0.29, 0.717) is 17.8 Å². The van der Waals surface area contributed by atoms with Crippen molar-refractivity contribution in [2.75, 3.05) is 25.6 Å². The highest BCUT2D eigenvalue weighted by Gasteiger charge is 2.65. The summed E-state index contributed by atoms with van der Waals surface area (Å²) in [7, 11) is -0.887. The maximum absolute atomic E-state index is 13.9. The first-order valence-corrected chi connectivity index (χ1v) is 17.5. The number of anilines is 1. The molecule has 5 rings (SSSR count). The summed E-state index contributed by atoms with van der Waals surface area (Å²) in [6.07, 6.45) is -0.660. The molecule has 2 amide bonds. The van der Waals surface area contributed by atoms with Crippen LogP contribution in [0, 0.1) is 16.0 Å². The summed E-state index contributed by atoms with van der Waals surface area (Å²) in [6.45, 7) is 6.64. The van der Waals surface area contributed by atoms with E-state index in [1.54, 1.807) is 18.1 Å². The van der Waals surface area contributed by atoms with Crippen LogP contribution in [-0.2, 0) is 26.5 Å². The molecule has 3 aromatic rings. The number of carbonyl (C=O) groups excluding carboxylic acids is 2. The molecule has 2 heterocycles. The third-order valence-corrected chi connectivity index (χ3v) is 13.5. The molecule has 1 spiro atoms. The third kappa shape index (κ3) is 5.44. The maximum atomic E-state index is 13.9. The van der Waals surface area contributed by atoms with E-state index in [9.17, 15) is 24.8 Å². The van der Waals surface area contributed by atoms with Gasteiger partial charge in [-0.1, -0.05) is 67.7 Å². The van der Waals surface area contributed by atoms with Gasteiger partial charge in [0.15, 0.2) is 5.60 Å². The van der Waals surface area contributed by atoms with Gasteiger partial charge in [-0.15, -0.1) is 0 Å². The summed E-state index contributed by atoms with van der Waals surface area (Å²) >= 11 is 0. The van der Waals surface area contributed by atoms with E-state index in [2.05, 4.69) is 18.4 Å². The van der Waals surface area contributed by atoms with Crippen molar-refractivity contribution >= 4 is 36.4 Å². The molecule has 226 valence electrons. The standard InChI is InChI=1S/C32H37N3O7Si/c1-21-30(43(3,4)25-13-11-24(41-2)12-14-25)28(19-29(37)34(16-17-36)20-22-8-6-5-7-9-22)42-32(21)26-18-23(35(39)40)10-15-27(26)33-31(32)38/h5-15,18,21,28,30,36H,16-17,19-20H2,1-4H3,(H,33,38)/t21-,28+,30-,32+/m0/s1. The van der Waals surface area contributed by atoms with Crippen LogP contribution in [0.25, 0.3) is 0 Å². The Morgan fingerprint density at radius 2 is 1.84 bits per heavy atom. The lowest BCUT2D eigenvalue weighted by Crippen LogP contribution is -2.52. The summed E-state index contributed by atoms with van der Waals surface area (Å²) in [6, 6.07) is 21.8. The van der Waals surface area contributed by atoms with Gasteiger partial charge in [0.05, 0.1) is 39.2 Å². The predicted octanol–water partition coefficient (Wildman–Crippen LogP) is 4.18. The van der Waals surface area contributed by atoms with Crippen LogP contribution in [0.3, 0.4) is 0 Å². The van der Waals surface area contributed by atoms with E-state index < -0.39 is 30.6 Å². The average Bonchev–Trinajstić information content (AvgIpc) is 3.45. The molecule has 0 bridgehead atoms. The Balaban J connectivity index is 1.56. The van der Waals surface area contributed by atoms with E-state index in [0.717, 1.165) is 16.5 Å². The SMILES string of the molecule is COc1ccc([Si](C)(C)[C@@H]2[C@@H](CC(=O)N(CCO)Cc3ccccc3)O[C@]3(C(=O)Nc4ccc([N+](=O)[O-])cc43)[C@H]2C)cc1. The number of fused-ring (bicyclic) bond motifs is 2. The number of aliphatic hydroxyl groups is 1. The molecule has 0 aliphatic carbocycles. The predicted molar refractivity (Wildman–Crippen MR) is 165 cm³/mol. The molecule has 10 nitrogen and oxygen atoms in total. The van der Waals surface area contributed by atoms with Crippen molar-refractivity contribution in [3.63, 3.8) is 0 Å². The van der Waals surface area contributed by atoms with Crippen molar-refractivity contribution in [2.24, 2.45) is 5.92 Å². The van der Waals surface area contributed by atoms with Crippen molar-refractivity contribution in [1.29, 1.82) is 0 Å². The summed E-state index contributed by atoms with van der Waals surface area (Å²) in [5.74, 6) is -0.261. The van der Waals surface area contributed by atoms with Crippen LogP contribution in [0.1, 0.15) is 24.5 Å². The van der Waals surface area contributed by atoms with Gasteiger partial charge in [0.1, 0.15) is 5.75 Å². The Morgan fingerprint density at radius 3 is 2.47 bits per heavy atom.